The number of aromatic nitrogens is 4. The zero-order valence-electron chi connectivity index (χ0n) is 14.6. The van der Waals surface area contributed by atoms with Gasteiger partial charge in [-0.2, -0.15) is 4.98 Å². The Bertz CT molecular complexity index is 690. The van der Waals surface area contributed by atoms with Crippen molar-refractivity contribution in [3.63, 3.8) is 0 Å². The maximum absolute atomic E-state index is 12.0. The SMILES string of the molecule is CCCCCCC(C)(CCCC)n1cnc2c(=O)[nH]c(N)nc21. The summed E-state index contributed by atoms with van der Waals surface area (Å²) in [4.78, 5) is 23.1. The van der Waals surface area contributed by atoms with E-state index >= 15 is 0 Å². The van der Waals surface area contributed by atoms with E-state index in [0.29, 0.717) is 11.2 Å². The van der Waals surface area contributed by atoms with Gasteiger partial charge < -0.3 is 10.3 Å². The first-order chi connectivity index (χ1) is 11.0. The van der Waals surface area contributed by atoms with Gasteiger partial charge in [-0.15, -0.1) is 0 Å². The number of rotatable bonds is 9. The Morgan fingerprint density at radius 1 is 1.17 bits per heavy atom. The van der Waals surface area contributed by atoms with Gasteiger partial charge in [0.2, 0.25) is 5.95 Å². The summed E-state index contributed by atoms with van der Waals surface area (Å²) in [6.45, 7) is 6.66. The third-order valence-corrected chi connectivity index (χ3v) is 4.64. The van der Waals surface area contributed by atoms with Gasteiger partial charge in [0.05, 0.1) is 6.33 Å². The molecule has 0 saturated heterocycles. The Hall–Kier alpha value is -1.85. The third kappa shape index (κ3) is 3.92. The van der Waals surface area contributed by atoms with Crippen molar-refractivity contribution in [2.45, 2.75) is 77.7 Å². The molecule has 2 heterocycles. The predicted octanol–water partition coefficient (Wildman–Crippen LogP) is 3.58. The topological polar surface area (TPSA) is 89.6 Å². The van der Waals surface area contributed by atoms with Crippen LogP contribution in [0.25, 0.3) is 11.2 Å². The Morgan fingerprint density at radius 3 is 2.57 bits per heavy atom. The highest BCUT2D eigenvalue weighted by atomic mass is 16.1. The largest absolute Gasteiger partial charge is 0.369 e. The first-order valence-electron chi connectivity index (χ1n) is 8.75. The second kappa shape index (κ2) is 7.62. The van der Waals surface area contributed by atoms with Gasteiger partial charge in [0, 0.05) is 5.54 Å². The van der Waals surface area contributed by atoms with Crippen molar-refractivity contribution in [2.24, 2.45) is 0 Å². The van der Waals surface area contributed by atoms with Crippen LogP contribution in [0.5, 0.6) is 0 Å². The fraction of sp³-hybridized carbons (Fsp3) is 0.706. The molecule has 2 aromatic rings. The first kappa shape index (κ1) is 17.5. The fourth-order valence-corrected chi connectivity index (χ4v) is 3.18. The second-order valence-electron chi connectivity index (χ2n) is 6.65. The van der Waals surface area contributed by atoms with E-state index in [0.717, 1.165) is 25.7 Å². The van der Waals surface area contributed by atoms with E-state index in [2.05, 4.69) is 40.3 Å². The second-order valence-corrected chi connectivity index (χ2v) is 6.65. The summed E-state index contributed by atoms with van der Waals surface area (Å²) < 4.78 is 2.07. The minimum Gasteiger partial charge on any atom is -0.369 e. The van der Waals surface area contributed by atoms with Gasteiger partial charge in [-0.3, -0.25) is 9.78 Å². The molecule has 2 aromatic heterocycles. The van der Waals surface area contributed by atoms with Crippen LogP contribution in [0.3, 0.4) is 0 Å². The average molecular weight is 319 g/mol. The number of H-pyrrole nitrogens is 1. The molecule has 1 unspecified atom stereocenters. The zero-order chi connectivity index (χ0) is 16.9. The maximum atomic E-state index is 12.0. The minimum atomic E-state index is -0.268. The molecule has 0 aliphatic carbocycles. The van der Waals surface area contributed by atoms with Crippen LogP contribution in [0.4, 0.5) is 5.95 Å². The molecule has 6 heteroatoms. The van der Waals surface area contributed by atoms with Crippen LogP contribution in [0, 0.1) is 0 Å². The average Bonchev–Trinajstić information content (AvgIpc) is 2.94. The molecule has 6 nitrogen and oxygen atoms in total. The number of hydrogen-bond donors (Lipinski definition) is 2. The highest BCUT2D eigenvalue weighted by Gasteiger charge is 2.28. The Balaban J connectivity index is 2.36. The van der Waals surface area contributed by atoms with Gasteiger partial charge in [-0.1, -0.05) is 52.4 Å². The molecule has 0 aliphatic heterocycles. The number of fused-ring (bicyclic) bond motifs is 1. The van der Waals surface area contributed by atoms with Crippen molar-refractivity contribution in [1.82, 2.24) is 19.5 Å². The number of hydrogen-bond acceptors (Lipinski definition) is 4. The smallest absolute Gasteiger partial charge is 0.280 e. The summed E-state index contributed by atoms with van der Waals surface area (Å²) in [5.41, 5.74) is 6.35. The van der Waals surface area contributed by atoms with E-state index < -0.39 is 0 Å². The molecule has 0 spiro atoms. The Morgan fingerprint density at radius 2 is 1.87 bits per heavy atom. The summed E-state index contributed by atoms with van der Waals surface area (Å²) in [5, 5.41) is 0. The normalized spacial score (nSPS) is 14.2. The van der Waals surface area contributed by atoms with Crippen molar-refractivity contribution < 1.29 is 0 Å². The van der Waals surface area contributed by atoms with Crippen molar-refractivity contribution in [1.29, 1.82) is 0 Å². The highest BCUT2D eigenvalue weighted by molar-refractivity contribution is 5.70. The van der Waals surface area contributed by atoms with Crippen molar-refractivity contribution >= 4 is 17.1 Å². The number of nitrogens with zero attached hydrogens (tertiary/aromatic N) is 3. The van der Waals surface area contributed by atoms with Crippen LogP contribution in [-0.2, 0) is 5.54 Å². The molecule has 3 N–H and O–H groups in total. The van der Waals surface area contributed by atoms with Crippen LogP contribution in [0.1, 0.15) is 72.1 Å². The van der Waals surface area contributed by atoms with E-state index in [-0.39, 0.29) is 17.0 Å². The number of aromatic amines is 1. The number of unbranched alkanes of at least 4 members (excludes halogenated alkanes) is 4. The molecule has 0 aromatic carbocycles. The lowest BCUT2D eigenvalue weighted by molar-refractivity contribution is 0.259. The Kier molecular flexibility index (Phi) is 5.80. The zero-order valence-corrected chi connectivity index (χ0v) is 14.6. The predicted molar refractivity (Wildman–Crippen MR) is 94.5 cm³/mol. The number of nitrogen functional groups attached to an aromatic ring is 1. The number of nitrogens with two attached hydrogens (primary N) is 1. The van der Waals surface area contributed by atoms with E-state index in [1.54, 1.807) is 6.33 Å². The molecular weight excluding hydrogens is 290 g/mol. The molecule has 2 rings (SSSR count). The van der Waals surface area contributed by atoms with E-state index in [4.69, 9.17) is 5.73 Å². The summed E-state index contributed by atoms with van der Waals surface area (Å²) in [6, 6.07) is 0. The van der Waals surface area contributed by atoms with Gasteiger partial charge in [0.1, 0.15) is 0 Å². The van der Waals surface area contributed by atoms with Gasteiger partial charge in [0.25, 0.3) is 5.56 Å². The summed E-state index contributed by atoms with van der Waals surface area (Å²) in [7, 11) is 0. The third-order valence-electron chi connectivity index (χ3n) is 4.64. The van der Waals surface area contributed by atoms with Crippen LogP contribution >= 0.6 is 0 Å². The Labute approximate surface area is 137 Å². The summed E-state index contributed by atoms with van der Waals surface area (Å²) in [6.07, 6.45) is 11.1. The molecule has 0 radical (unpaired) electrons. The van der Waals surface area contributed by atoms with Gasteiger partial charge in [-0.25, -0.2) is 4.98 Å². The van der Waals surface area contributed by atoms with E-state index in [1.807, 2.05) is 0 Å². The lowest BCUT2D eigenvalue weighted by Gasteiger charge is -2.32. The van der Waals surface area contributed by atoms with Gasteiger partial charge in [0.15, 0.2) is 11.2 Å². The van der Waals surface area contributed by atoms with Crippen molar-refractivity contribution in [3.05, 3.63) is 16.7 Å². The monoisotopic (exact) mass is 319 g/mol. The minimum absolute atomic E-state index is 0.0776. The lowest BCUT2D eigenvalue weighted by atomic mass is 9.88. The van der Waals surface area contributed by atoms with E-state index in [9.17, 15) is 4.79 Å². The van der Waals surface area contributed by atoms with Crippen LogP contribution in [-0.4, -0.2) is 19.5 Å². The molecule has 23 heavy (non-hydrogen) atoms. The molecule has 0 bridgehead atoms. The standard InChI is InChI=1S/C17H29N5O/c1-4-6-8-9-11-17(3,10-7-5-2)22-12-19-13-14(22)20-16(18)21-15(13)23/h12H,4-11H2,1-3H3,(H3,18,20,21,23). The molecule has 0 fully saturated rings. The summed E-state index contributed by atoms with van der Waals surface area (Å²) in [5.74, 6) is 0.146. The summed E-state index contributed by atoms with van der Waals surface area (Å²) >= 11 is 0. The molecular formula is C17H29N5O. The quantitative estimate of drug-likeness (QED) is 0.691. The molecule has 128 valence electrons. The van der Waals surface area contributed by atoms with Gasteiger partial charge in [-0.05, 0) is 19.8 Å². The first-order valence-corrected chi connectivity index (χ1v) is 8.75. The lowest BCUT2D eigenvalue weighted by Crippen LogP contribution is -2.30. The van der Waals surface area contributed by atoms with Crippen molar-refractivity contribution in [3.8, 4) is 0 Å². The molecule has 0 saturated carbocycles. The molecule has 0 aliphatic rings. The van der Waals surface area contributed by atoms with Gasteiger partial charge >= 0.3 is 0 Å². The van der Waals surface area contributed by atoms with Crippen LogP contribution < -0.4 is 11.3 Å². The number of anilines is 1. The number of imidazole rings is 1. The highest BCUT2D eigenvalue weighted by Crippen LogP contribution is 2.32. The molecule has 1 atom stereocenters. The number of nitrogens with one attached hydrogen (secondary N) is 1. The van der Waals surface area contributed by atoms with Crippen molar-refractivity contribution in [2.75, 3.05) is 5.73 Å². The molecule has 0 amide bonds. The maximum Gasteiger partial charge on any atom is 0.280 e. The van der Waals surface area contributed by atoms with Crippen LogP contribution in [0.2, 0.25) is 0 Å². The van der Waals surface area contributed by atoms with E-state index in [1.165, 1.54) is 25.7 Å². The van der Waals surface area contributed by atoms with Crippen LogP contribution in [0.15, 0.2) is 11.1 Å². The fourth-order valence-electron chi connectivity index (χ4n) is 3.18.